The first-order valence-electron chi connectivity index (χ1n) is 5.64. The van der Waals surface area contributed by atoms with Crippen LogP contribution in [0.2, 0.25) is 0 Å². The highest BCUT2D eigenvalue weighted by molar-refractivity contribution is 7.94. The van der Waals surface area contributed by atoms with Crippen LogP contribution < -0.4 is 0 Å². The minimum absolute atomic E-state index is 0.205. The second-order valence-corrected chi connectivity index (χ2v) is 4.98. The summed E-state index contributed by atoms with van der Waals surface area (Å²) in [6.45, 7) is 0.692. The Labute approximate surface area is 101 Å². The van der Waals surface area contributed by atoms with Crippen molar-refractivity contribution < 1.29 is 4.18 Å². The Balaban J connectivity index is 1.74. The third-order valence-electron chi connectivity index (χ3n) is 3.01. The van der Waals surface area contributed by atoms with Crippen molar-refractivity contribution in [3.63, 3.8) is 0 Å². The molecule has 1 fully saturated rings. The first kappa shape index (κ1) is 11.5. The molecule has 1 aromatic rings. The highest BCUT2D eigenvalue weighted by Crippen LogP contribution is 2.32. The molecule has 1 aromatic carbocycles. The van der Waals surface area contributed by atoms with Crippen LogP contribution in [0.15, 0.2) is 35.2 Å². The molecule has 2 nitrogen and oxygen atoms in total. The van der Waals surface area contributed by atoms with Crippen molar-refractivity contribution in [2.24, 2.45) is 11.8 Å². The van der Waals surface area contributed by atoms with E-state index in [1.807, 2.05) is 30.3 Å². The molecule has 1 aliphatic carbocycles. The van der Waals surface area contributed by atoms with Crippen molar-refractivity contribution in [2.75, 3.05) is 6.61 Å². The summed E-state index contributed by atoms with van der Waals surface area (Å²) >= 11 is 1.41. The van der Waals surface area contributed by atoms with Gasteiger partial charge in [0.1, 0.15) is 0 Å². The number of nitriles is 1. The number of benzene rings is 1. The van der Waals surface area contributed by atoms with Crippen LogP contribution in [-0.2, 0) is 4.18 Å². The zero-order chi connectivity index (χ0) is 11.2. The molecule has 0 aliphatic heterocycles. The third kappa shape index (κ3) is 3.01. The van der Waals surface area contributed by atoms with E-state index < -0.39 is 0 Å². The molecular weight excluding hydrogens is 218 g/mol. The monoisotopic (exact) mass is 233 g/mol. The molecule has 2 rings (SSSR count). The van der Waals surface area contributed by atoms with Gasteiger partial charge in [-0.3, -0.25) is 0 Å². The van der Waals surface area contributed by atoms with Crippen LogP contribution in [0.1, 0.15) is 19.3 Å². The first-order chi connectivity index (χ1) is 7.90. The van der Waals surface area contributed by atoms with E-state index in [0.717, 1.165) is 17.7 Å². The van der Waals surface area contributed by atoms with Crippen LogP contribution in [0.25, 0.3) is 0 Å². The quantitative estimate of drug-likeness (QED) is 0.744. The van der Waals surface area contributed by atoms with E-state index in [9.17, 15) is 0 Å². The van der Waals surface area contributed by atoms with Crippen molar-refractivity contribution >= 4 is 12.0 Å². The number of hydrogen-bond acceptors (Lipinski definition) is 3. The Morgan fingerprint density at radius 2 is 2.12 bits per heavy atom. The highest BCUT2D eigenvalue weighted by atomic mass is 32.2. The van der Waals surface area contributed by atoms with Gasteiger partial charge in [-0.1, -0.05) is 24.6 Å². The van der Waals surface area contributed by atoms with Crippen molar-refractivity contribution in [3.05, 3.63) is 30.3 Å². The van der Waals surface area contributed by atoms with Gasteiger partial charge in [-0.2, -0.15) is 5.26 Å². The SMILES string of the molecule is N#C[C@H]1CCC[C@H]1COSc1ccccc1. The lowest BCUT2D eigenvalue weighted by Crippen LogP contribution is -2.11. The topological polar surface area (TPSA) is 33.0 Å². The standard InChI is InChI=1S/C13H15NOS/c14-9-11-5-4-6-12(11)10-15-16-13-7-2-1-3-8-13/h1-3,7-8,11-12H,4-6,10H2/t11-,12+/m1/s1. The lowest BCUT2D eigenvalue weighted by atomic mass is 9.99. The summed E-state index contributed by atoms with van der Waals surface area (Å²) in [5.41, 5.74) is 0. The normalized spacial score (nSPS) is 24.2. The molecule has 0 spiro atoms. The third-order valence-corrected chi connectivity index (χ3v) is 3.72. The molecule has 0 saturated heterocycles. The summed E-state index contributed by atoms with van der Waals surface area (Å²) in [4.78, 5) is 1.12. The van der Waals surface area contributed by atoms with Crippen LogP contribution in [0, 0.1) is 23.2 Å². The van der Waals surface area contributed by atoms with Gasteiger partial charge in [0.15, 0.2) is 0 Å². The zero-order valence-corrected chi connectivity index (χ0v) is 9.95. The molecule has 0 radical (unpaired) electrons. The summed E-state index contributed by atoms with van der Waals surface area (Å²) in [7, 11) is 0. The fourth-order valence-corrected chi connectivity index (χ4v) is 2.72. The Morgan fingerprint density at radius 3 is 2.88 bits per heavy atom. The lowest BCUT2D eigenvalue weighted by molar-refractivity contribution is 0.267. The fourth-order valence-electron chi connectivity index (χ4n) is 2.07. The van der Waals surface area contributed by atoms with E-state index in [0.29, 0.717) is 12.5 Å². The van der Waals surface area contributed by atoms with Crippen molar-refractivity contribution in [2.45, 2.75) is 24.2 Å². The van der Waals surface area contributed by atoms with Gasteiger partial charge in [0.2, 0.25) is 0 Å². The molecule has 0 heterocycles. The molecular formula is C13H15NOS. The van der Waals surface area contributed by atoms with Crippen LogP contribution in [0.5, 0.6) is 0 Å². The van der Waals surface area contributed by atoms with Crippen molar-refractivity contribution in [1.82, 2.24) is 0 Å². The second-order valence-electron chi connectivity index (χ2n) is 4.11. The Bertz CT molecular complexity index is 360. The Hall–Kier alpha value is -0.980. The van der Waals surface area contributed by atoms with Gasteiger partial charge in [-0.05, 0) is 30.9 Å². The summed E-state index contributed by atoms with van der Waals surface area (Å²) in [5.74, 6) is 0.637. The molecule has 0 unspecified atom stereocenters. The molecule has 0 bridgehead atoms. The van der Waals surface area contributed by atoms with Gasteiger partial charge in [0, 0.05) is 16.9 Å². The number of rotatable bonds is 4. The predicted octanol–water partition coefficient (Wildman–Crippen LogP) is 3.65. The van der Waals surface area contributed by atoms with E-state index in [-0.39, 0.29) is 5.92 Å². The van der Waals surface area contributed by atoms with E-state index in [1.54, 1.807) is 0 Å². The molecule has 1 saturated carbocycles. The molecule has 0 aromatic heterocycles. The Kier molecular flexibility index (Phi) is 4.26. The number of nitrogens with zero attached hydrogens (tertiary/aromatic N) is 1. The van der Waals surface area contributed by atoms with Crippen LogP contribution in [0.4, 0.5) is 0 Å². The molecule has 1 aliphatic rings. The average molecular weight is 233 g/mol. The smallest absolute Gasteiger partial charge is 0.0659 e. The maximum atomic E-state index is 8.94. The zero-order valence-electron chi connectivity index (χ0n) is 9.13. The van der Waals surface area contributed by atoms with E-state index in [4.69, 9.17) is 9.44 Å². The van der Waals surface area contributed by atoms with Gasteiger partial charge in [0.05, 0.1) is 18.6 Å². The van der Waals surface area contributed by atoms with Gasteiger partial charge in [0.25, 0.3) is 0 Å². The molecule has 84 valence electrons. The minimum atomic E-state index is 0.205. The maximum absolute atomic E-state index is 8.94. The van der Waals surface area contributed by atoms with E-state index >= 15 is 0 Å². The van der Waals surface area contributed by atoms with E-state index in [1.165, 1.54) is 18.5 Å². The lowest BCUT2D eigenvalue weighted by Gasteiger charge is -2.12. The Morgan fingerprint density at radius 1 is 1.31 bits per heavy atom. The molecule has 16 heavy (non-hydrogen) atoms. The van der Waals surface area contributed by atoms with Gasteiger partial charge in [-0.15, -0.1) is 0 Å². The molecule has 0 amide bonds. The summed E-state index contributed by atoms with van der Waals surface area (Å²) in [6, 6.07) is 12.4. The number of hydrogen-bond donors (Lipinski definition) is 0. The maximum Gasteiger partial charge on any atom is 0.0659 e. The first-order valence-corrected chi connectivity index (χ1v) is 6.38. The fraction of sp³-hybridized carbons (Fsp3) is 0.462. The van der Waals surface area contributed by atoms with Gasteiger partial charge < -0.3 is 4.18 Å². The van der Waals surface area contributed by atoms with Crippen molar-refractivity contribution in [1.29, 1.82) is 5.26 Å². The highest BCUT2D eigenvalue weighted by Gasteiger charge is 2.27. The molecule has 2 atom stereocenters. The molecule has 3 heteroatoms. The second kappa shape index (κ2) is 5.93. The largest absolute Gasteiger partial charge is 0.310 e. The van der Waals surface area contributed by atoms with Crippen LogP contribution >= 0.6 is 12.0 Å². The van der Waals surface area contributed by atoms with Crippen molar-refractivity contribution in [3.8, 4) is 6.07 Å². The van der Waals surface area contributed by atoms with Gasteiger partial charge >= 0.3 is 0 Å². The predicted molar refractivity (Wildman–Crippen MR) is 64.7 cm³/mol. The average Bonchev–Trinajstić information content (AvgIpc) is 2.78. The summed E-state index contributed by atoms with van der Waals surface area (Å²) in [5, 5.41) is 8.94. The minimum Gasteiger partial charge on any atom is -0.310 e. The van der Waals surface area contributed by atoms with Gasteiger partial charge in [-0.25, -0.2) is 0 Å². The summed E-state index contributed by atoms with van der Waals surface area (Å²) < 4.78 is 5.60. The molecule has 0 N–H and O–H groups in total. The summed E-state index contributed by atoms with van der Waals surface area (Å²) in [6.07, 6.45) is 3.34. The van der Waals surface area contributed by atoms with E-state index in [2.05, 4.69) is 6.07 Å². The van der Waals surface area contributed by atoms with Crippen LogP contribution in [-0.4, -0.2) is 6.61 Å². The van der Waals surface area contributed by atoms with Crippen LogP contribution in [0.3, 0.4) is 0 Å².